The Morgan fingerprint density at radius 2 is 2.37 bits per heavy atom. The van der Waals surface area contributed by atoms with E-state index in [0.717, 1.165) is 30.9 Å². The van der Waals surface area contributed by atoms with Crippen molar-refractivity contribution < 1.29 is 4.79 Å². The lowest BCUT2D eigenvalue weighted by Gasteiger charge is -2.42. The number of nitrogens with two attached hydrogens (primary N) is 1. The average molecular weight is 256 g/mol. The van der Waals surface area contributed by atoms with E-state index >= 15 is 0 Å². The van der Waals surface area contributed by atoms with Crippen LogP contribution < -0.4 is 11.1 Å². The van der Waals surface area contributed by atoms with Crippen LogP contribution in [0, 0.1) is 5.92 Å². The number of primary amides is 1. The topological polar surface area (TPSA) is 83.8 Å². The molecule has 1 aliphatic heterocycles. The normalized spacial score (nSPS) is 29.2. The maximum atomic E-state index is 11.5. The number of rotatable bonds is 2. The van der Waals surface area contributed by atoms with Crippen molar-refractivity contribution in [1.82, 2.24) is 15.3 Å². The number of carbonyl (C=O) groups excluding carboxylic acids is 1. The highest BCUT2D eigenvalue weighted by Crippen LogP contribution is 2.50. The van der Waals surface area contributed by atoms with Gasteiger partial charge in [0.2, 0.25) is 0 Å². The molecule has 2 aromatic rings. The second-order valence-corrected chi connectivity index (χ2v) is 5.67. The van der Waals surface area contributed by atoms with E-state index in [9.17, 15) is 4.79 Å². The summed E-state index contributed by atoms with van der Waals surface area (Å²) in [6.07, 6.45) is 2.42. The van der Waals surface area contributed by atoms with Crippen LogP contribution >= 0.6 is 0 Å². The summed E-state index contributed by atoms with van der Waals surface area (Å²) in [5.74, 6) is 1.26. The number of fused-ring (bicyclic) bond motifs is 2. The van der Waals surface area contributed by atoms with Crippen molar-refractivity contribution in [2.24, 2.45) is 11.7 Å². The number of aromatic nitrogens is 2. The average Bonchev–Trinajstić information content (AvgIpc) is 2.91. The molecule has 2 heterocycles. The molecule has 2 atom stereocenters. The molecule has 4 rings (SSSR count). The van der Waals surface area contributed by atoms with Gasteiger partial charge in [-0.15, -0.1) is 0 Å². The number of benzene rings is 1. The summed E-state index contributed by atoms with van der Waals surface area (Å²) in [6.45, 7) is 2.04. The first-order chi connectivity index (χ1) is 9.21. The number of hydrogen-bond donors (Lipinski definition) is 3. The first-order valence-corrected chi connectivity index (χ1v) is 6.70. The Morgan fingerprint density at radius 1 is 1.47 bits per heavy atom. The lowest BCUT2D eigenvalue weighted by atomic mass is 9.61. The van der Waals surface area contributed by atoms with Crippen molar-refractivity contribution in [2.75, 3.05) is 13.1 Å². The van der Waals surface area contributed by atoms with Gasteiger partial charge in [0.15, 0.2) is 0 Å². The van der Waals surface area contributed by atoms with Gasteiger partial charge in [0.05, 0.1) is 11.1 Å². The molecule has 0 bridgehead atoms. The standard InChI is InChI=1S/C14H16N4O/c15-12(19)9-2-1-3-10-11(9)18-13(17-10)14-5-4-8(14)6-16-7-14/h1-3,8,16H,4-7H2,(H2,15,19)(H,17,18). The molecule has 98 valence electrons. The first-order valence-electron chi connectivity index (χ1n) is 6.70. The predicted molar refractivity (Wildman–Crippen MR) is 71.9 cm³/mol. The molecule has 1 saturated carbocycles. The Labute approximate surface area is 110 Å². The summed E-state index contributed by atoms with van der Waals surface area (Å²) in [4.78, 5) is 19.5. The van der Waals surface area contributed by atoms with Gasteiger partial charge in [-0.1, -0.05) is 6.07 Å². The lowest BCUT2D eigenvalue weighted by molar-refractivity contribution is 0.100. The number of para-hydroxylation sites is 1. The number of hydrogen-bond acceptors (Lipinski definition) is 3. The summed E-state index contributed by atoms with van der Waals surface area (Å²) in [7, 11) is 0. The molecule has 0 spiro atoms. The molecule has 19 heavy (non-hydrogen) atoms. The van der Waals surface area contributed by atoms with Crippen LogP contribution in [0.15, 0.2) is 18.2 Å². The van der Waals surface area contributed by atoms with E-state index in [1.165, 1.54) is 6.42 Å². The quantitative estimate of drug-likeness (QED) is 0.747. The summed E-state index contributed by atoms with van der Waals surface area (Å²) in [6, 6.07) is 5.52. The van der Waals surface area contributed by atoms with E-state index in [-0.39, 0.29) is 5.41 Å². The van der Waals surface area contributed by atoms with Crippen LogP contribution in [0.1, 0.15) is 29.0 Å². The van der Waals surface area contributed by atoms with Crippen LogP contribution in [-0.4, -0.2) is 29.0 Å². The van der Waals surface area contributed by atoms with Crippen LogP contribution in [0.3, 0.4) is 0 Å². The summed E-state index contributed by atoms with van der Waals surface area (Å²) >= 11 is 0. The van der Waals surface area contributed by atoms with Gasteiger partial charge in [-0.25, -0.2) is 4.98 Å². The van der Waals surface area contributed by atoms with Crippen molar-refractivity contribution >= 4 is 16.9 Å². The second kappa shape index (κ2) is 3.57. The summed E-state index contributed by atoms with van der Waals surface area (Å²) in [5.41, 5.74) is 7.66. The van der Waals surface area contributed by atoms with E-state index in [4.69, 9.17) is 10.7 Å². The Hall–Kier alpha value is -1.88. The van der Waals surface area contributed by atoms with Crippen molar-refractivity contribution in [1.29, 1.82) is 0 Å². The molecule has 5 heteroatoms. The number of aromatic amines is 1. The monoisotopic (exact) mass is 256 g/mol. The molecule has 2 fully saturated rings. The Bertz CT molecular complexity index is 677. The molecule has 2 aliphatic rings. The van der Waals surface area contributed by atoms with Crippen LogP contribution in [0.5, 0.6) is 0 Å². The van der Waals surface area contributed by atoms with Gasteiger partial charge in [-0.3, -0.25) is 4.79 Å². The highest BCUT2D eigenvalue weighted by atomic mass is 16.1. The van der Waals surface area contributed by atoms with Gasteiger partial charge >= 0.3 is 0 Å². The van der Waals surface area contributed by atoms with Gasteiger partial charge in [0.1, 0.15) is 11.3 Å². The predicted octanol–water partition coefficient (Wildman–Crippen LogP) is 0.913. The third-order valence-corrected chi connectivity index (χ3v) is 4.80. The number of amides is 1. The molecule has 1 aromatic carbocycles. The van der Waals surface area contributed by atoms with Gasteiger partial charge in [0, 0.05) is 12.0 Å². The van der Waals surface area contributed by atoms with Crippen LogP contribution in [-0.2, 0) is 5.41 Å². The molecule has 1 amide bonds. The van der Waals surface area contributed by atoms with Crippen LogP contribution in [0.25, 0.3) is 11.0 Å². The zero-order chi connectivity index (χ0) is 13.0. The maximum Gasteiger partial charge on any atom is 0.250 e. The van der Waals surface area contributed by atoms with E-state index < -0.39 is 5.91 Å². The van der Waals surface area contributed by atoms with Gasteiger partial charge in [-0.05, 0) is 37.4 Å². The highest BCUT2D eigenvalue weighted by molar-refractivity contribution is 6.04. The molecule has 1 saturated heterocycles. The minimum absolute atomic E-state index is 0.147. The lowest BCUT2D eigenvalue weighted by Crippen LogP contribution is -2.44. The Morgan fingerprint density at radius 3 is 3.05 bits per heavy atom. The second-order valence-electron chi connectivity index (χ2n) is 5.67. The van der Waals surface area contributed by atoms with Crippen LogP contribution in [0.2, 0.25) is 0 Å². The minimum atomic E-state index is -0.421. The Balaban J connectivity index is 1.89. The van der Waals surface area contributed by atoms with Crippen LogP contribution in [0.4, 0.5) is 0 Å². The molecule has 0 radical (unpaired) electrons. The fourth-order valence-electron chi connectivity index (χ4n) is 3.56. The minimum Gasteiger partial charge on any atom is -0.366 e. The highest BCUT2D eigenvalue weighted by Gasteiger charge is 2.53. The third-order valence-electron chi connectivity index (χ3n) is 4.80. The van der Waals surface area contributed by atoms with Crippen molar-refractivity contribution in [3.63, 3.8) is 0 Å². The molecule has 5 nitrogen and oxygen atoms in total. The Kier molecular flexibility index (Phi) is 2.07. The zero-order valence-electron chi connectivity index (χ0n) is 10.6. The summed E-state index contributed by atoms with van der Waals surface area (Å²) in [5, 5.41) is 3.45. The van der Waals surface area contributed by atoms with Crippen molar-refractivity contribution in [3.05, 3.63) is 29.6 Å². The van der Waals surface area contributed by atoms with E-state index in [0.29, 0.717) is 17.0 Å². The fourth-order valence-corrected chi connectivity index (χ4v) is 3.56. The third kappa shape index (κ3) is 1.33. The molecule has 1 aliphatic carbocycles. The number of H-pyrrole nitrogens is 1. The molecular formula is C14H16N4O. The van der Waals surface area contributed by atoms with Crippen molar-refractivity contribution in [3.8, 4) is 0 Å². The van der Waals surface area contributed by atoms with E-state index in [1.807, 2.05) is 12.1 Å². The first kappa shape index (κ1) is 11.0. The van der Waals surface area contributed by atoms with Gasteiger partial charge in [-0.2, -0.15) is 0 Å². The van der Waals surface area contributed by atoms with Crippen molar-refractivity contribution in [2.45, 2.75) is 18.3 Å². The molecular weight excluding hydrogens is 240 g/mol. The SMILES string of the molecule is NC(=O)c1cccc2[nH]c(C34CCC3CNC4)nc12. The van der Waals surface area contributed by atoms with Gasteiger partial charge < -0.3 is 16.0 Å². The zero-order valence-corrected chi connectivity index (χ0v) is 10.6. The largest absolute Gasteiger partial charge is 0.366 e. The molecule has 2 unspecified atom stereocenters. The van der Waals surface area contributed by atoms with Gasteiger partial charge in [0.25, 0.3) is 5.91 Å². The van der Waals surface area contributed by atoms with E-state index in [2.05, 4.69) is 10.3 Å². The number of imidazole rings is 1. The maximum absolute atomic E-state index is 11.5. The smallest absolute Gasteiger partial charge is 0.250 e. The van der Waals surface area contributed by atoms with E-state index in [1.54, 1.807) is 6.07 Å². The number of carbonyl (C=O) groups is 1. The fraction of sp³-hybridized carbons (Fsp3) is 0.429. The number of nitrogens with zero attached hydrogens (tertiary/aromatic N) is 1. The molecule has 4 N–H and O–H groups in total. The molecule has 1 aromatic heterocycles. The number of nitrogens with one attached hydrogen (secondary N) is 2. The summed E-state index contributed by atoms with van der Waals surface area (Å²) < 4.78 is 0.